The van der Waals surface area contributed by atoms with Crippen molar-refractivity contribution in [2.45, 2.75) is 44.2 Å². The number of carbonyl (C=O) groups is 1. The van der Waals surface area contributed by atoms with Gasteiger partial charge >= 0.3 is 6.03 Å². The molecule has 0 radical (unpaired) electrons. The molecule has 1 aliphatic heterocycles. The molecular formula is C21H26FN3O3S. The molecule has 0 aromatic heterocycles. The topological polar surface area (TPSA) is 78.5 Å². The van der Waals surface area contributed by atoms with Gasteiger partial charge in [0.1, 0.15) is 5.82 Å². The third-order valence-electron chi connectivity index (χ3n) is 5.00. The summed E-state index contributed by atoms with van der Waals surface area (Å²) < 4.78 is 40.1. The fourth-order valence-corrected chi connectivity index (χ4v) is 4.79. The quantitative estimate of drug-likeness (QED) is 0.754. The van der Waals surface area contributed by atoms with Gasteiger partial charge in [0.25, 0.3) is 0 Å². The summed E-state index contributed by atoms with van der Waals surface area (Å²) in [4.78, 5) is 12.3. The van der Waals surface area contributed by atoms with Crippen molar-refractivity contribution in [1.29, 1.82) is 0 Å². The number of hydrogen-bond donors (Lipinski definition) is 2. The number of sulfonamides is 1. The Kier molecular flexibility index (Phi) is 6.87. The largest absolute Gasteiger partial charge is 0.334 e. The van der Waals surface area contributed by atoms with Crippen molar-refractivity contribution in [3.8, 4) is 0 Å². The van der Waals surface area contributed by atoms with Crippen LogP contribution in [0.15, 0.2) is 47.4 Å². The van der Waals surface area contributed by atoms with Crippen molar-refractivity contribution in [3.63, 3.8) is 0 Å². The van der Waals surface area contributed by atoms with Crippen LogP contribution in [0.4, 0.5) is 9.18 Å². The molecule has 3 rings (SSSR count). The highest BCUT2D eigenvalue weighted by molar-refractivity contribution is 7.89. The fraction of sp³-hybridized carbons (Fsp3) is 0.381. The first-order valence-electron chi connectivity index (χ1n) is 9.72. The number of urea groups is 1. The molecule has 156 valence electrons. The summed E-state index contributed by atoms with van der Waals surface area (Å²) in [6, 6.07) is 10.9. The van der Waals surface area contributed by atoms with Crippen molar-refractivity contribution < 1.29 is 17.6 Å². The number of aryl methyl sites for hydroxylation is 1. The third-order valence-corrected chi connectivity index (χ3v) is 6.92. The number of rotatable bonds is 6. The maximum Gasteiger partial charge on any atom is 0.315 e. The van der Waals surface area contributed by atoms with Crippen LogP contribution in [0.25, 0.3) is 0 Å². The Morgan fingerprint density at radius 1 is 0.966 bits per heavy atom. The Labute approximate surface area is 171 Å². The second kappa shape index (κ2) is 9.37. The minimum absolute atomic E-state index is 0.274. The molecule has 29 heavy (non-hydrogen) atoms. The molecule has 2 N–H and O–H groups in total. The van der Waals surface area contributed by atoms with Crippen LogP contribution in [0.2, 0.25) is 0 Å². The lowest BCUT2D eigenvalue weighted by molar-refractivity contribution is 0.240. The summed E-state index contributed by atoms with van der Waals surface area (Å²) in [6.07, 6.45) is 2.86. The number of nitrogens with zero attached hydrogens (tertiary/aromatic N) is 1. The second-order valence-corrected chi connectivity index (χ2v) is 9.17. The normalized spacial score (nSPS) is 15.1. The van der Waals surface area contributed by atoms with E-state index in [1.54, 1.807) is 43.3 Å². The van der Waals surface area contributed by atoms with Crippen LogP contribution in [0.5, 0.6) is 0 Å². The van der Waals surface area contributed by atoms with E-state index in [0.717, 1.165) is 30.4 Å². The summed E-state index contributed by atoms with van der Waals surface area (Å²) in [5.41, 5.74) is 2.14. The van der Waals surface area contributed by atoms with E-state index in [1.807, 2.05) is 0 Å². The van der Waals surface area contributed by atoms with Gasteiger partial charge in [0.2, 0.25) is 10.0 Å². The Morgan fingerprint density at radius 2 is 1.55 bits per heavy atom. The molecule has 1 saturated heterocycles. The number of carbonyl (C=O) groups excluding carboxylic acids is 1. The van der Waals surface area contributed by atoms with Gasteiger partial charge in [-0.3, -0.25) is 0 Å². The number of halogens is 1. The summed E-state index contributed by atoms with van der Waals surface area (Å²) in [7, 11) is -3.45. The maximum atomic E-state index is 13.3. The molecule has 1 aliphatic rings. The monoisotopic (exact) mass is 419 g/mol. The SMILES string of the molecule is Cc1cc(CNC(=O)NCc2ccc(S(=O)(=O)N3CCCCC3)cc2)ccc1F. The van der Waals surface area contributed by atoms with Crippen LogP contribution in [-0.2, 0) is 23.1 Å². The highest BCUT2D eigenvalue weighted by Gasteiger charge is 2.25. The molecule has 8 heteroatoms. The van der Waals surface area contributed by atoms with Gasteiger partial charge in [-0.25, -0.2) is 17.6 Å². The molecule has 1 fully saturated rings. The number of hydrogen-bond acceptors (Lipinski definition) is 3. The lowest BCUT2D eigenvalue weighted by Crippen LogP contribution is -2.35. The van der Waals surface area contributed by atoms with Gasteiger partial charge in [-0.2, -0.15) is 4.31 Å². The van der Waals surface area contributed by atoms with Gasteiger partial charge in [-0.1, -0.05) is 30.7 Å². The van der Waals surface area contributed by atoms with Crippen molar-refractivity contribution >= 4 is 16.1 Å². The average molecular weight is 420 g/mol. The molecule has 6 nitrogen and oxygen atoms in total. The second-order valence-electron chi connectivity index (χ2n) is 7.23. The molecule has 2 amide bonds. The molecule has 0 bridgehead atoms. The summed E-state index contributed by atoms with van der Waals surface area (Å²) >= 11 is 0. The van der Waals surface area contributed by atoms with E-state index >= 15 is 0 Å². The zero-order valence-electron chi connectivity index (χ0n) is 16.4. The van der Waals surface area contributed by atoms with Gasteiger partial charge in [-0.05, 0) is 54.7 Å². The zero-order chi connectivity index (χ0) is 20.9. The van der Waals surface area contributed by atoms with Gasteiger partial charge in [-0.15, -0.1) is 0 Å². The van der Waals surface area contributed by atoms with Crippen LogP contribution >= 0.6 is 0 Å². The standard InChI is InChI=1S/C21H26FN3O3S/c1-16-13-18(7-10-20(16)22)15-24-21(26)23-14-17-5-8-19(9-6-17)29(27,28)25-11-3-2-4-12-25/h5-10,13H,2-4,11-12,14-15H2,1H3,(H2,23,24,26). The van der Waals surface area contributed by atoms with E-state index in [4.69, 9.17) is 0 Å². The third kappa shape index (κ3) is 5.55. The van der Waals surface area contributed by atoms with Crippen molar-refractivity contribution in [2.75, 3.05) is 13.1 Å². The predicted molar refractivity (Wildman–Crippen MR) is 109 cm³/mol. The smallest absolute Gasteiger partial charge is 0.315 e. The molecule has 2 aromatic carbocycles. The average Bonchev–Trinajstić information content (AvgIpc) is 2.74. The van der Waals surface area contributed by atoms with Gasteiger partial charge in [0.15, 0.2) is 0 Å². The zero-order valence-corrected chi connectivity index (χ0v) is 17.3. The van der Waals surface area contributed by atoms with Gasteiger partial charge in [0, 0.05) is 26.2 Å². The van der Waals surface area contributed by atoms with E-state index in [9.17, 15) is 17.6 Å². The molecule has 0 unspecified atom stereocenters. The molecule has 2 aromatic rings. The summed E-state index contributed by atoms with van der Waals surface area (Å²) in [5, 5.41) is 5.45. The molecular weight excluding hydrogens is 393 g/mol. The van der Waals surface area contributed by atoms with Gasteiger partial charge in [0.05, 0.1) is 4.90 Å². The highest BCUT2D eigenvalue weighted by Crippen LogP contribution is 2.20. The lowest BCUT2D eigenvalue weighted by Gasteiger charge is -2.25. The number of amides is 2. The van der Waals surface area contributed by atoms with Crippen LogP contribution in [0, 0.1) is 12.7 Å². The summed E-state index contributed by atoms with van der Waals surface area (Å²) in [6.45, 7) is 3.38. The van der Waals surface area contributed by atoms with Crippen molar-refractivity contribution in [2.24, 2.45) is 0 Å². The molecule has 0 spiro atoms. The Morgan fingerprint density at radius 3 is 2.17 bits per heavy atom. The predicted octanol–water partition coefficient (Wildman–Crippen LogP) is 3.31. The Balaban J connectivity index is 1.50. The maximum absolute atomic E-state index is 13.3. The summed E-state index contributed by atoms with van der Waals surface area (Å²) in [5.74, 6) is -0.274. The van der Waals surface area contributed by atoms with Crippen LogP contribution in [0.1, 0.15) is 36.0 Å². The first-order chi connectivity index (χ1) is 13.9. The Bertz CT molecular complexity index is 956. The molecule has 1 heterocycles. The minimum atomic E-state index is -3.45. The van der Waals surface area contributed by atoms with Crippen LogP contribution in [0.3, 0.4) is 0 Å². The number of piperidine rings is 1. The van der Waals surface area contributed by atoms with E-state index in [0.29, 0.717) is 25.2 Å². The lowest BCUT2D eigenvalue weighted by atomic mass is 10.1. The number of benzene rings is 2. The highest BCUT2D eigenvalue weighted by atomic mass is 32.2. The van der Waals surface area contributed by atoms with Gasteiger partial charge < -0.3 is 10.6 Å². The number of nitrogens with one attached hydrogen (secondary N) is 2. The Hall–Kier alpha value is -2.45. The van der Waals surface area contributed by atoms with E-state index in [1.165, 1.54) is 10.4 Å². The van der Waals surface area contributed by atoms with Crippen molar-refractivity contribution in [3.05, 3.63) is 65.0 Å². The molecule has 0 saturated carbocycles. The van der Waals surface area contributed by atoms with Crippen molar-refractivity contribution in [1.82, 2.24) is 14.9 Å². The van der Waals surface area contributed by atoms with E-state index in [2.05, 4.69) is 10.6 Å². The minimum Gasteiger partial charge on any atom is -0.334 e. The van der Waals surface area contributed by atoms with Crippen LogP contribution < -0.4 is 10.6 Å². The molecule has 0 aliphatic carbocycles. The first-order valence-corrected chi connectivity index (χ1v) is 11.2. The fourth-order valence-electron chi connectivity index (χ4n) is 3.28. The van der Waals surface area contributed by atoms with Crippen LogP contribution in [-0.4, -0.2) is 31.8 Å². The first kappa shape index (κ1) is 21.3. The molecule has 0 atom stereocenters. The van der Waals surface area contributed by atoms with E-state index < -0.39 is 10.0 Å². The van der Waals surface area contributed by atoms with E-state index in [-0.39, 0.29) is 23.3 Å².